The Morgan fingerprint density at radius 2 is 2.35 bits per heavy atom. The Kier molecular flexibility index (Phi) is 3.58. The fourth-order valence-electron chi connectivity index (χ4n) is 1.94. The third kappa shape index (κ3) is 2.71. The van der Waals surface area contributed by atoms with Crippen molar-refractivity contribution in [3.8, 4) is 0 Å². The van der Waals surface area contributed by atoms with Gasteiger partial charge in [-0.15, -0.1) is 16.8 Å². The van der Waals surface area contributed by atoms with Crippen molar-refractivity contribution in [1.29, 1.82) is 0 Å². The number of rotatable bonds is 4. The predicted octanol–water partition coefficient (Wildman–Crippen LogP) is 0.995. The van der Waals surface area contributed by atoms with E-state index >= 15 is 0 Å². The average Bonchev–Trinajstić information content (AvgIpc) is 2.79. The first-order chi connectivity index (χ1) is 8.03. The standard InChI is InChI=1S/C10H15N3O2S2/c1-3-5-16-10-12-11-9(13(10)2)8-4-6-17(14,15)7-8/h3,8H,1,4-7H2,2H3/t8-/m0/s1. The monoisotopic (exact) mass is 273 g/mol. The van der Waals surface area contributed by atoms with Gasteiger partial charge in [0.2, 0.25) is 0 Å². The first-order valence-electron chi connectivity index (χ1n) is 5.37. The van der Waals surface area contributed by atoms with Gasteiger partial charge in [0.25, 0.3) is 0 Å². The lowest BCUT2D eigenvalue weighted by Gasteiger charge is -2.07. The molecular formula is C10H15N3O2S2. The molecule has 0 amide bonds. The molecule has 0 aromatic carbocycles. The summed E-state index contributed by atoms with van der Waals surface area (Å²) < 4.78 is 24.7. The van der Waals surface area contributed by atoms with E-state index in [2.05, 4.69) is 16.8 Å². The van der Waals surface area contributed by atoms with Crippen molar-refractivity contribution in [1.82, 2.24) is 14.8 Å². The number of thioether (sulfide) groups is 1. The van der Waals surface area contributed by atoms with Gasteiger partial charge in [-0.2, -0.15) is 0 Å². The van der Waals surface area contributed by atoms with Crippen LogP contribution in [-0.2, 0) is 16.9 Å². The molecule has 0 saturated carbocycles. The van der Waals surface area contributed by atoms with Crippen LogP contribution in [0.5, 0.6) is 0 Å². The minimum Gasteiger partial charge on any atom is -0.309 e. The maximum atomic E-state index is 11.4. The molecule has 5 nitrogen and oxygen atoms in total. The summed E-state index contributed by atoms with van der Waals surface area (Å²) in [7, 11) is -0.991. The first-order valence-corrected chi connectivity index (χ1v) is 8.17. The lowest BCUT2D eigenvalue weighted by Crippen LogP contribution is -2.09. The van der Waals surface area contributed by atoms with E-state index in [0.29, 0.717) is 6.42 Å². The smallest absolute Gasteiger partial charge is 0.191 e. The highest BCUT2D eigenvalue weighted by atomic mass is 32.2. The molecule has 0 bridgehead atoms. The summed E-state index contributed by atoms with van der Waals surface area (Å²) >= 11 is 1.55. The van der Waals surface area contributed by atoms with Gasteiger partial charge in [-0.1, -0.05) is 17.8 Å². The van der Waals surface area contributed by atoms with Crippen molar-refractivity contribution in [3.05, 3.63) is 18.5 Å². The highest BCUT2D eigenvalue weighted by molar-refractivity contribution is 7.99. The van der Waals surface area contributed by atoms with Gasteiger partial charge < -0.3 is 4.57 Å². The average molecular weight is 273 g/mol. The molecule has 0 aliphatic carbocycles. The second-order valence-corrected chi connectivity index (χ2v) is 7.32. The van der Waals surface area contributed by atoms with E-state index in [1.807, 2.05) is 11.6 Å². The third-order valence-electron chi connectivity index (χ3n) is 2.80. The van der Waals surface area contributed by atoms with E-state index in [4.69, 9.17) is 0 Å². The summed E-state index contributed by atoms with van der Waals surface area (Å²) in [5.41, 5.74) is 0. The lowest BCUT2D eigenvalue weighted by molar-refractivity contribution is 0.599. The molecule has 0 N–H and O–H groups in total. The molecule has 2 heterocycles. The van der Waals surface area contributed by atoms with E-state index in [1.165, 1.54) is 0 Å². The van der Waals surface area contributed by atoms with E-state index in [9.17, 15) is 8.42 Å². The van der Waals surface area contributed by atoms with Crippen molar-refractivity contribution >= 4 is 21.6 Å². The summed E-state index contributed by atoms with van der Waals surface area (Å²) in [6.07, 6.45) is 2.46. The SMILES string of the molecule is C=CCSc1nnc([C@H]2CCS(=O)(=O)C2)n1C. The van der Waals surface area contributed by atoms with E-state index in [0.717, 1.165) is 16.7 Å². The first kappa shape index (κ1) is 12.6. The van der Waals surface area contributed by atoms with E-state index in [-0.39, 0.29) is 17.4 Å². The summed E-state index contributed by atoms with van der Waals surface area (Å²) in [6.45, 7) is 3.65. The fraction of sp³-hybridized carbons (Fsp3) is 0.600. The Morgan fingerprint density at radius 3 is 2.94 bits per heavy atom. The topological polar surface area (TPSA) is 64.8 Å². The van der Waals surface area contributed by atoms with Crippen LogP contribution < -0.4 is 0 Å². The lowest BCUT2D eigenvalue weighted by atomic mass is 10.1. The summed E-state index contributed by atoms with van der Waals surface area (Å²) in [4.78, 5) is 0. The Balaban J connectivity index is 2.17. The Bertz CT molecular complexity index is 522. The Hall–Kier alpha value is -0.820. The van der Waals surface area contributed by atoms with Crippen LogP contribution >= 0.6 is 11.8 Å². The highest BCUT2D eigenvalue weighted by Gasteiger charge is 2.32. The van der Waals surface area contributed by atoms with Crippen molar-refractivity contribution in [2.75, 3.05) is 17.3 Å². The molecule has 17 heavy (non-hydrogen) atoms. The molecule has 1 aliphatic heterocycles. The molecule has 0 spiro atoms. The molecule has 0 unspecified atom stereocenters. The molecule has 2 rings (SSSR count). The number of hydrogen-bond donors (Lipinski definition) is 0. The van der Waals surface area contributed by atoms with Crippen LogP contribution in [0.15, 0.2) is 17.8 Å². The minimum atomic E-state index is -2.87. The van der Waals surface area contributed by atoms with Crippen LogP contribution in [0.4, 0.5) is 0 Å². The van der Waals surface area contributed by atoms with Crippen LogP contribution in [0.3, 0.4) is 0 Å². The Morgan fingerprint density at radius 1 is 1.59 bits per heavy atom. The molecule has 1 atom stereocenters. The predicted molar refractivity (Wildman–Crippen MR) is 67.9 cm³/mol. The van der Waals surface area contributed by atoms with Crippen molar-refractivity contribution in [3.63, 3.8) is 0 Å². The Labute approximate surface area is 105 Å². The molecular weight excluding hydrogens is 258 g/mol. The number of hydrogen-bond acceptors (Lipinski definition) is 5. The van der Waals surface area contributed by atoms with Gasteiger partial charge in [-0.3, -0.25) is 0 Å². The third-order valence-corrected chi connectivity index (χ3v) is 5.58. The second kappa shape index (κ2) is 4.81. The van der Waals surface area contributed by atoms with Gasteiger partial charge in [-0.25, -0.2) is 8.42 Å². The van der Waals surface area contributed by atoms with Gasteiger partial charge in [-0.05, 0) is 6.42 Å². The molecule has 1 fully saturated rings. The van der Waals surface area contributed by atoms with Gasteiger partial charge in [0, 0.05) is 18.7 Å². The van der Waals surface area contributed by atoms with E-state index < -0.39 is 9.84 Å². The molecule has 94 valence electrons. The second-order valence-electron chi connectivity index (χ2n) is 4.10. The van der Waals surface area contributed by atoms with Crippen molar-refractivity contribution in [2.45, 2.75) is 17.5 Å². The van der Waals surface area contributed by atoms with Gasteiger partial charge in [0.05, 0.1) is 11.5 Å². The van der Waals surface area contributed by atoms with Crippen LogP contribution in [-0.4, -0.2) is 40.4 Å². The minimum absolute atomic E-state index is 0.00409. The summed E-state index contributed by atoms with van der Waals surface area (Å²) in [6, 6.07) is 0. The summed E-state index contributed by atoms with van der Waals surface area (Å²) in [5.74, 6) is 2.01. The maximum Gasteiger partial charge on any atom is 0.191 e. The van der Waals surface area contributed by atoms with Crippen molar-refractivity contribution < 1.29 is 8.42 Å². The normalized spacial score (nSPS) is 22.8. The molecule has 7 heteroatoms. The van der Waals surface area contributed by atoms with E-state index in [1.54, 1.807) is 17.8 Å². The largest absolute Gasteiger partial charge is 0.309 e. The van der Waals surface area contributed by atoms with Gasteiger partial charge in [0.1, 0.15) is 5.82 Å². The molecule has 1 aliphatic rings. The summed E-state index contributed by atoms with van der Waals surface area (Å²) in [5, 5.41) is 9.00. The number of nitrogens with zero attached hydrogens (tertiary/aromatic N) is 3. The quantitative estimate of drug-likeness (QED) is 0.605. The van der Waals surface area contributed by atoms with Gasteiger partial charge in [0.15, 0.2) is 15.0 Å². The van der Waals surface area contributed by atoms with Crippen LogP contribution in [0.2, 0.25) is 0 Å². The van der Waals surface area contributed by atoms with Crippen LogP contribution in [0.25, 0.3) is 0 Å². The molecule has 1 aromatic heterocycles. The molecule has 1 aromatic rings. The molecule has 1 saturated heterocycles. The number of aromatic nitrogens is 3. The molecule has 0 radical (unpaired) electrons. The van der Waals surface area contributed by atoms with Crippen LogP contribution in [0.1, 0.15) is 18.2 Å². The zero-order valence-corrected chi connectivity index (χ0v) is 11.3. The number of sulfone groups is 1. The van der Waals surface area contributed by atoms with Crippen molar-refractivity contribution in [2.24, 2.45) is 7.05 Å². The fourth-order valence-corrected chi connectivity index (χ4v) is 4.33. The van der Waals surface area contributed by atoms with Crippen LogP contribution in [0, 0.1) is 0 Å². The van der Waals surface area contributed by atoms with Gasteiger partial charge >= 0.3 is 0 Å². The highest BCUT2D eigenvalue weighted by Crippen LogP contribution is 2.29. The zero-order valence-electron chi connectivity index (χ0n) is 9.66. The maximum absolute atomic E-state index is 11.4. The zero-order chi connectivity index (χ0) is 12.5.